The third kappa shape index (κ3) is 7.21. The van der Waals surface area contributed by atoms with Crippen molar-refractivity contribution in [2.24, 2.45) is 0 Å². The van der Waals surface area contributed by atoms with E-state index in [1.807, 2.05) is 50.2 Å². The number of benzene rings is 2. The van der Waals surface area contributed by atoms with E-state index < -0.39 is 0 Å². The van der Waals surface area contributed by atoms with Crippen molar-refractivity contribution in [2.75, 3.05) is 20.3 Å². The van der Waals surface area contributed by atoms with Crippen molar-refractivity contribution in [3.8, 4) is 16.9 Å². The monoisotopic (exact) mass is 509 g/mol. The number of ether oxygens (including phenoxy) is 2. The lowest BCUT2D eigenvalue weighted by molar-refractivity contribution is -0.142. The number of halogens is 1. The Morgan fingerprint density at radius 1 is 1.03 bits per heavy atom. The van der Waals surface area contributed by atoms with Gasteiger partial charge in [-0.1, -0.05) is 47.5 Å². The van der Waals surface area contributed by atoms with Gasteiger partial charge in [0.1, 0.15) is 10.9 Å². The van der Waals surface area contributed by atoms with Gasteiger partial charge in [-0.05, 0) is 61.2 Å². The van der Waals surface area contributed by atoms with Gasteiger partial charge >= 0.3 is 12.0 Å². The van der Waals surface area contributed by atoms with E-state index in [2.05, 4.69) is 16.4 Å². The average Bonchev–Trinajstić information content (AvgIpc) is 2.87. The lowest BCUT2D eigenvalue weighted by atomic mass is 9.94. The zero-order valence-corrected chi connectivity index (χ0v) is 21.9. The molecule has 0 unspecified atom stereocenters. The SMILES string of the molecule is CCOC(=O)Cc1ccc(OC)c(-c2ccc(C)cc2CN(CC)C(=O)NCc2ccc(Cl)nc2)c1. The number of carbonyl (C=O) groups excluding carboxylic acids is 2. The maximum absolute atomic E-state index is 13.0. The molecule has 0 spiro atoms. The number of hydrogen-bond acceptors (Lipinski definition) is 5. The minimum atomic E-state index is -0.275. The van der Waals surface area contributed by atoms with Crippen LogP contribution in [0, 0.1) is 6.92 Å². The maximum atomic E-state index is 13.0. The topological polar surface area (TPSA) is 80.8 Å². The number of urea groups is 1. The number of nitrogens with zero attached hydrogens (tertiary/aromatic N) is 2. The van der Waals surface area contributed by atoms with Crippen LogP contribution >= 0.6 is 11.6 Å². The maximum Gasteiger partial charge on any atom is 0.317 e. The molecular weight excluding hydrogens is 478 g/mol. The largest absolute Gasteiger partial charge is 0.496 e. The number of rotatable bonds is 10. The molecule has 3 aromatic rings. The molecular formula is C28H32ClN3O4. The Balaban J connectivity index is 1.86. The van der Waals surface area contributed by atoms with Crippen molar-refractivity contribution in [1.82, 2.24) is 15.2 Å². The first-order chi connectivity index (χ1) is 17.3. The number of methoxy groups -OCH3 is 1. The molecule has 0 aliphatic carbocycles. The Labute approximate surface area is 217 Å². The molecule has 0 atom stereocenters. The normalized spacial score (nSPS) is 10.6. The fourth-order valence-corrected chi connectivity index (χ4v) is 4.02. The standard InChI is InChI=1S/C28H32ClN3O4/c1-5-32(28(34)31-17-21-9-12-26(29)30-16-21)18-22-13-19(3)7-10-23(22)24-14-20(8-11-25(24)35-4)15-27(33)36-6-2/h7-14,16H,5-6,15,17-18H2,1-4H3,(H,31,34). The summed E-state index contributed by atoms with van der Waals surface area (Å²) in [6.07, 6.45) is 1.82. The van der Waals surface area contributed by atoms with Crippen molar-refractivity contribution in [3.05, 3.63) is 82.1 Å². The van der Waals surface area contributed by atoms with Gasteiger partial charge < -0.3 is 19.7 Å². The number of esters is 1. The predicted molar refractivity (Wildman–Crippen MR) is 141 cm³/mol. The van der Waals surface area contributed by atoms with Crippen LogP contribution < -0.4 is 10.1 Å². The van der Waals surface area contributed by atoms with E-state index in [1.54, 1.807) is 31.2 Å². The highest BCUT2D eigenvalue weighted by Crippen LogP contribution is 2.34. The van der Waals surface area contributed by atoms with Gasteiger partial charge in [0.25, 0.3) is 0 Å². The van der Waals surface area contributed by atoms with Crippen LogP contribution in [0.25, 0.3) is 11.1 Å². The number of hydrogen-bond donors (Lipinski definition) is 1. The molecule has 8 heteroatoms. The van der Waals surface area contributed by atoms with Gasteiger partial charge in [0, 0.05) is 31.4 Å². The second kappa shape index (κ2) is 12.9. The molecule has 0 aliphatic heterocycles. The number of nitrogens with one attached hydrogen (secondary N) is 1. The molecule has 3 rings (SSSR count). The number of aromatic nitrogens is 1. The summed E-state index contributed by atoms with van der Waals surface area (Å²) in [5.41, 5.74) is 5.56. The Morgan fingerprint density at radius 3 is 2.47 bits per heavy atom. The molecule has 1 aromatic heterocycles. The van der Waals surface area contributed by atoms with Crippen LogP contribution in [0.4, 0.5) is 4.79 Å². The molecule has 0 saturated carbocycles. The molecule has 190 valence electrons. The summed E-state index contributed by atoms with van der Waals surface area (Å²) in [5, 5.41) is 3.37. The predicted octanol–water partition coefficient (Wildman–Crippen LogP) is 5.56. The molecule has 2 amide bonds. The van der Waals surface area contributed by atoms with Crippen LogP contribution in [0.2, 0.25) is 5.15 Å². The quantitative estimate of drug-likeness (QED) is 0.286. The van der Waals surface area contributed by atoms with Crippen LogP contribution in [0.5, 0.6) is 5.75 Å². The van der Waals surface area contributed by atoms with Crippen molar-refractivity contribution >= 4 is 23.6 Å². The van der Waals surface area contributed by atoms with Crippen molar-refractivity contribution in [1.29, 1.82) is 0 Å². The van der Waals surface area contributed by atoms with Gasteiger partial charge in [0.15, 0.2) is 0 Å². The molecule has 0 bridgehead atoms. The zero-order chi connectivity index (χ0) is 26.1. The van der Waals surface area contributed by atoms with E-state index in [4.69, 9.17) is 21.1 Å². The smallest absolute Gasteiger partial charge is 0.317 e. The highest BCUT2D eigenvalue weighted by molar-refractivity contribution is 6.29. The summed E-state index contributed by atoms with van der Waals surface area (Å²) in [4.78, 5) is 30.9. The van der Waals surface area contributed by atoms with E-state index in [1.165, 1.54) is 0 Å². The number of pyridine rings is 1. The molecule has 2 aromatic carbocycles. The van der Waals surface area contributed by atoms with Gasteiger partial charge in [-0.25, -0.2) is 9.78 Å². The molecule has 1 N–H and O–H groups in total. The lowest BCUT2D eigenvalue weighted by Gasteiger charge is -2.24. The van der Waals surface area contributed by atoms with Gasteiger partial charge in [-0.15, -0.1) is 0 Å². The fraction of sp³-hybridized carbons (Fsp3) is 0.321. The van der Waals surface area contributed by atoms with Crippen molar-refractivity contribution < 1.29 is 19.1 Å². The summed E-state index contributed by atoms with van der Waals surface area (Å²) in [7, 11) is 1.62. The van der Waals surface area contributed by atoms with E-state index in [0.717, 1.165) is 33.4 Å². The molecule has 7 nitrogen and oxygen atoms in total. The van der Waals surface area contributed by atoms with Gasteiger partial charge in [0.05, 0.1) is 20.1 Å². The van der Waals surface area contributed by atoms with Crippen LogP contribution in [0.15, 0.2) is 54.7 Å². The molecule has 0 aliphatic rings. The minimum absolute atomic E-state index is 0.176. The summed E-state index contributed by atoms with van der Waals surface area (Å²) < 4.78 is 10.8. The Hall–Kier alpha value is -3.58. The van der Waals surface area contributed by atoms with Gasteiger partial charge in [0.2, 0.25) is 0 Å². The highest BCUT2D eigenvalue weighted by Gasteiger charge is 2.18. The van der Waals surface area contributed by atoms with Crippen LogP contribution in [0.3, 0.4) is 0 Å². The molecule has 0 saturated heterocycles. The second-order valence-corrected chi connectivity index (χ2v) is 8.73. The van der Waals surface area contributed by atoms with E-state index in [0.29, 0.717) is 37.1 Å². The third-order valence-corrected chi connectivity index (χ3v) is 5.95. The number of aryl methyl sites for hydroxylation is 1. The summed E-state index contributed by atoms with van der Waals surface area (Å²) in [6, 6.07) is 15.2. The Morgan fingerprint density at radius 2 is 1.81 bits per heavy atom. The fourth-order valence-electron chi connectivity index (χ4n) is 3.90. The van der Waals surface area contributed by atoms with Crippen LogP contribution in [-0.2, 0) is 29.0 Å². The van der Waals surface area contributed by atoms with Gasteiger partial charge in [-0.3, -0.25) is 4.79 Å². The molecule has 0 fully saturated rings. The first-order valence-electron chi connectivity index (χ1n) is 11.9. The summed E-state index contributed by atoms with van der Waals surface area (Å²) in [6.45, 7) is 7.38. The van der Waals surface area contributed by atoms with E-state index in [9.17, 15) is 9.59 Å². The molecule has 0 radical (unpaired) electrons. The van der Waals surface area contributed by atoms with Crippen LogP contribution in [0.1, 0.15) is 36.1 Å². The van der Waals surface area contributed by atoms with Crippen molar-refractivity contribution in [2.45, 2.75) is 40.3 Å². The zero-order valence-electron chi connectivity index (χ0n) is 21.1. The number of amides is 2. The van der Waals surface area contributed by atoms with Crippen molar-refractivity contribution in [3.63, 3.8) is 0 Å². The third-order valence-electron chi connectivity index (χ3n) is 5.73. The molecule has 36 heavy (non-hydrogen) atoms. The van der Waals surface area contributed by atoms with Crippen LogP contribution in [-0.4, -0.2) is 42.1 Å². The van der Waals surface area contributed by atoms with E-state index >= 15 is 0 Å². The van der Waals surface area contributed by atoms with E-state index in [-0.39, 0.29) is 18.4 Å². The first-order valence-corrected chi connectivity index (χ1v) is 12.3. The second-order valence-electron chi connectivity index (χ2n) is 8.34. The number of carbonyl (C=O) groups is 2. The summed E-state index contributed by atoms with van der Waals surface area (Å²) >= 11 is 5.85. The average molecular weight is 510 g/mol. The highest BCUT2D eigenvalue weighted by atomic mass is 35.5. The minimum Gasteiger partial charge on any atom is -0.496 e. The van der Waals surface area contributed by atoms with Gasteiger partial charge in [-0.2, -0.15) is 0 Å². The first kappa shape index (κ1) is 27.0. The Kier molecular flexibility index (Phi) is 9.70. The lowest BCUT2D eigenvalue weighted by Crippen LogP contribution is -2.39. The molecule has 1 heterocycles. The summed E-state index contributed by atoms with van der Waals surface area (Å²) in [5.74, 6) is 0.415. The Bertz CT molecular complexity index is 1200.